The molecule has 0 aliphatic carbocycles. The Morgan fingerprint density at radius 3 is 2.33 bits per heavy atom. The summed E-state index contributed by atoms with van der Waals surface area (Å²) in [6.45, 7) is 1.90. The van der Waals surface area contributed by atoms with Crippen molar-refractivity contribution in [2.45, 2.75) is 16.2 Å². The molecule has 0 saturated heterocycles. The number of aryl methyl sites for hydroxylation is 1. The van der Waals surface area contributed by atoms with E-state index in [0.717, 1.165) is 17.1 Å². The minimum atomic E-state index is -3.68. The average molecular weight is 361 g/mol. The van der Waals surface area contributed by atoms with Gasteiger partial charge in [0.05, 0.1) is 17.3 Å². The third-order valence-electron chi connectivity index (χ3n) is 3.29. The molecular formula is C15H15N5O2S2. The topological polar surface area (TPSA) is 88.9 Å². The number of nitrogens with zero attached hydrogens (tertiary/aromatic N) is 5. The molecule has 0 aliphatic heterocycles. The van der Waals surface area contributed by atoms with Crippen LogP contribution in [-0.4, -0.2) is 41.8 Å². The fourth-order valence-corrected chi connectivity index (χ4v) is 4.03. The standard InChI is InChI=1S/C15H15N5O2S2/c1-10-4-6-11(7-5-10)24(21,22)15-18-14(19-23-15)12-8-17-13(9-16-12)20(2)3/h4-9H,1-3H3. The van der Waals surface area contributed by atoms with Gasteiger partial charge in [0, 0.05) is 14.1 Å². The monoisotopic (exact) mass is 361 g/mol. The van der Waals surface area contributed by atoms with Gasteiger partial charge in [0.1, 0.15) is 11.5 Å². The quantitative estimate of drug-likeness (QED) is 0.704. The second-order valence-electron chi connectivity index (χ2n) is 5.35. The summed E-state index contributed by atoms with van der Waals surface area (Å²) in [6.07, 6.45) is 3.12. The molecule has 0 spiro atoms. The molecule has 7 nitrogen and oxygen atoms in total. The summed E-state index contributed by atoms with van der Waals surface area (Å²) < 4.78 is 29.2. The van der Waals surface area contributed by atoms with Crippen molar-refractivity contribution >= 4 is 27.2 Å². The molecule has 0 atom stereocenters. The summed E-state index contributed by atoms with van der Waals surface area (Å²) in [6, 6.07) is 6.63. The fraction of sp³-hybridized carbons (Fsp3) is 0.200. The summed E-state index contributed by atoms with van der Waals surface area (Å²) >= 11 is 0.834. The van der Waals surface area contributed by atoms with Gasteiger partial charge in [-0.25, -0.2) is 23.4 Å². The lowest BCUT2D eigenvalue weighted by molar-refractivity contribution is 0.595. The van der Waals surface area contributed by atoms with Gasteiger partial charge >= 0.3 is 0 Å². The first kappa shape index (κ1) is 16.5. The van der Waals surface area contributed by atoms with Crippen LogP contribution >= 0.6 is 11.5 Å². The van der Waals surface area contributed by atoms with Crippen molar-refractivity contribution in [3.05, 3.63) is 42.2 Å². The zero-order chi connectivity index (χ0) is 17.3. The van der Waals surface area contributed by atoms with Crippen molar-refractivity contribution in [1.82, 2.24) is 19.3 Å². The van der Waals surface area contributed by atoms with Crippen molar-refractivity contribution in [2.24, 2.45) is 0 Å². The van der Waals surface area contributed by atoms with Crippen LogP contribution in [0.3, 0.4) is 0 Å². The molecule has 0 saturated carbocycles. The van der Waals surface area contributed by atoms with Gasteiger partial charge in [-0.3, -0.25) is 0 Å². The second kappa shape index (κ2) is 6.25. The molecule has 2 heterocycles. The van der Waals surface area contributed by atoms with E-state index in [-0.39, 0.29) is 15.1 Å². The van der Waals surface area contributed by atoms with E-state index in [2.05, 4.69) is 19.3 Å². The second-order valence-corrected chi connectivity index (χ2v) is 8.23. The van der Waals surface area contributed by atoms with Crippen LogP contribution in [0.25, 0.3) is 11.5 Å². The molecule has 3 rings (SSSR count). The highest BCUT2D eigenvalue weighted by molar-refractivity contribution is 7.93. The SMILES string of the molecule is Cc1ccc(S(=O)(=O)c2nc(-c3cnc(N(C)C)cn3)ns2)cc1. The zero-order valence-electron chi connectivity index (χ0n) is 13.3. The largest absolute Gasteiger partial charge is 0.361 e. The Balaban J connectivity index is 1.93. The minimum absolute atomic E-state index is 0.0557. The van der Waals surface area contributed by atoms with Crippen LogP contribution in [0.1, 0.15) is 5.56 Å². The highest BCUT2D eigenvalue weighted by Crippen LogP contribution is 2.25. The molecule has 0 amide bonds. The molecule has 2 aromatic heterocycles. The van der Waals surface area contributed by atoms with Gasteiger partial charge in [0.2, 0.25) is 14.2 Å². The number of rotatable bonds is 4. The first-order valence-electron chi connectivity index (χ1n) is 7.03. The van der Waals surface area contributed by atoms with Crippen LogP contribution in [0.15, 0.2) is 45.9 Å². The van der Waals surface area contributed by atoms with E-state index in [1.54, 1.807) is 30.5 Å². The molecule has 0 bridgehead atoms. The summed E-state index contributed by atoms with van der Waals surface area (Å²) in [4.78, 5) is 14.6. The van der Waals surface area contributed by atoms with Gasteiger partial charge in [-0.1, -0.05) is 17.7 Å². The van der Waals surface area contributed by atoms with Gasteiger partial charge in [-0.15, -0.1) is 0 Å². The summed E-state index contributed by atoms with van der Waals surface area (Å²) in [5, 5.41) is 0. The Hall–Kier alpha value is -2.39. The van der Waals surface area contributed by atoms with Crippen LogP contribution in [0.4, 0.5) is 5.82 Å². The molecule has 0 radical (unpaired) electrons. The minimum Gasteiger partial charge on any atom is -0.361 e. The Kier molecular flexibility index (Phi) is 4.29. The maximum Gasteiger partial charge on any atom is 0.235 e. The predicted octanol–water partition coefficient (Wildman–Crippen LogP) is 2.20. The number of aromatic nitrogens is 4. The molecule has 9 heteroatoms. The van der Waals surface area contributed by atoms with Crippen LogP contribution in [0.5, 0.6) is 0 Å². The number of hydrogen-bond acceptors (Lipinski definition) is 8. The zero-order valence-corrected chi connectivity index (χ0v) is 15.0. The van der Waals surface area contributed by atoms with Gasteiger partial charge < -0.3 is 4.90 Å². The van der Waals surface area contributed by atoms with Crippen molar-refractivity contribution in [1.29, 1.82) is 0 Å². The molecule has 3 aromatic rings. The van der Waals surface area contributed by atoms with Crippen LogP contribution in [0, 0.1) is 6.92 Å². The van der Waals surface area contributed by atoms with E-state index < -0.39 is 9.84 Å². The third kappa shape index (κ3) is 3.13. The summed E-state index contributed by atoms with van der Waals surface area (Å²) in [5.74, 6) is 0.949. The Morgan fingerprint density at radius 1 is 1.04 bits per heavy atom. The lowest BCUT2D eigenvalue weighted by Crippen LogP contribution is -2.10. The molecular weight excluding hydrogens is 346 g/mol. The van der Waals surface area contributed by atoms with Gasteiger partial charge in [0.15, 0.2) is 5.82 Å². The fourth-order valence-electron chi connectivity index (χ4n) is 1.91. The molecule has 24 heavy (non-hydrogen) atoms. The first-order valence-corrected chi connectivity index (χ1v) is 9.29. The lowest BCUT2D eigenvalue weighted by Gasteiger charge is -2.09. The smallest absolute Gasteiger partial charge is 0.235 e. The van der Waals surface area contributed by atoms with E-state index in [1.807, 2.05) is 25.9 Å². The van der Waals surface area contributed by atoms with E-state index in [9.17, 15) is 8.42 Å². The number of hydrogen-bond donors (Lipinski definition) is 0. The molecule has 1 aromatic carbocycles. The van der Waals surface area contributed by atoms with E-state index >= 15 is 0 Å². The van der Waals surface area contributed by atoms with Crippen molar-refractivity contribution in [2.75, 3.05) is 19.0 Å². The maximum atomic E-state index is 12.6. The average Bonchev–Trinajstić information content (AvgIpc) is 3.06. The van der Waals surface area contributed by atoms with Crippen molar-refractivity contribution < 1.29 is 8.42 Å². The predicted molar refractivity (Wildman–Crippen MR) is 91.9 cm³/mol. The van der Waals surface area contributed by atoms with Crippen molar-refractivity contribution in [3.8, 4) is 11.5 Å². The molecule has 0 N–H and O–H groups in total. The molecule has 0 fully saturated rings. The van der Waals surface area contributed by atoms with E-state index in [4.69, 9.17) is 0 Å². The molecule has 124 valence electrons. The normalized spacial score (nSPS) is 11.5. The van der Waals surface area contributed by atoms with Crippen LogP contribution < -0.4 is 4.90 Å². The van der Waals surface area contributed by atoms with E-state index in [1.165, 1.54) is 6.20 Å². The molecule has 0 unspecified atom stereocenters. The van der Waals surface area contributed by atoms with Gasteiger partial charge in [-0.05, 0) is 30.6 Å². The highest BCUT2D eigenvalue weighted by atomic mass is 32.2. The number of anilines is 1. The third-order valence-corrected chi connectivity index (χ3v) is 6.13. The molecule has 0 aliphatic rings. The number of benzene rings is 1. The maximum absolute atomic E-state index is 12.6. The first-order chi connectivity index (χ1) is 11.4. The van der Waals surface area contributed by atoms with Crippen molar-refractivity contribution in [3.63, 3.8) is 0 Å². The highest BCUT2D eigenvalue weighted by Gasteiger charge is 2.23. The van der Waals surface area contributed by atoms with Crippen LogP contribution in [-0.2, 0) is 9.84 Å². The van der Waals surface area contributed by atoms with Gasteiger partial charge in [-0.2, -0.15) is 4.37 Å². The Bertz CT molecular complexity index is 948. The van der Waals surface area contributed by atoms with Gasteiger partial charge in [0.25, 0.3) is 0 Å². The Morgan fingerprint density at radius 2 is 1.75 bits per heavy atom. The lowest BCUT2D eigenvalue weighted by atomic mass is 10.2. The van der Waals surface area contributed by atoms with E-state index in [0.29, 0.717) is 11.5 Å². The van der Waals surface area contributed by atoms with Crippen LogP contribution in [0.2, 0.25) is 0 Å². The Labute approximate surface area is 144 Å². The summed E-state index contributed by atoms with van der Waals surface area (Å²) in [5.41, 5.74) is 1.42. The number of sulfone groups is 1. The summed E-state index contributed by atoms with van der Waals surface area (Å²) in [7, 11) is 0.0403.